The number of nitrogens with zero attached hydrogens (tertiary/aromatic N) is 2. The molecule has 1 aromatic heterocycles. The van der Waals surface area contributed by atoms with Crippen LogP contribution in [0.15, 0.2) is 0 Å². The van der Waals surface area contributed by atoms with Crippen LogP contribution in [0.1, 0.15) is 64.3 Å². The van der Waals surface area contributed by atoms with Crippen molar-refractivity contribution in [2.45, 2.75) is 64.7 Å². The number of carbonyl (C=O) groups excluding carboxylic acids is 1. The summed E-state index contributed by atoms with van der Waals surface area (Å²) in [6, 6.07) is 0. The fourth-order valence-corrected chi connectivity index (χ4v) is 7.31. The van der Waals surface area contributed by atoms with Gasteiger partial charge in [0.15, 0.2) is 0 Å². The minimum absolute atomic E-state index is 0.0675. The van der Waals surface area contributed by atoms with Crippen molar-refractivity contribution < 1.29 is 4.79 Å². The first-order valence-corrected chi connectivity index (χ1v) is 8.73. The summed E-state index contributed by atoms with van der Waals surface area (Å²) >= 11 is 1.59. The fraction of sp³-hybridized carbons (Fsp3) is 0.812. The predicted octanol–water partition coefficient (Wildman–Crippen LogP) is 3.74. The molecular formula is C16H23N3OS. The Kier molecular flexibility index (Phi) is 2.64. The largest absolute Gasteiger partial charge is 0.301 e. The van der Waals surface area contributed by atoms with E-state index in [9.17, 15) is 4.79 Å². The normalized spacial score (nSPS) is 44.0. The highest BCUT2D eigenvalue weighted by molar-refractivity contribution is 7.15. The minimum atomic E-state index is -0.0675. The molecule has 0 saturated heterocycles. The maximum atomic E-state index is 11.2. The third-order valence-electron chi connectivity index (χ3n) is 5.79. The average Bonchev–Trinajstić information content (AvgIpc) is 2.71. The van der Waals surface area contributed by atoms with E-state index in [1.807, 2.05) is 0 Å². The Morgan fingerprint density at radius 3 is 2.38 bits per heavy atom. The van der Waals surface area contributed by atoms with E-state index in [1.54, 1.807) is 11.3 Å². The lowest BCUT2D eigenvalue weighted by atomic mass is 9.40. The zero-order chi connectivity index (χ0) is 14.9. The molecule has 5 rings (SSSR count). The van der Waals surface area contributed by atoms with Gasteiger partial charge >= 0.3 is 0 Å². The molecule has 1 amide bonds. The van der Waals surface area contributed by atoms with Crippen LogP contribution in [0, 0.1) is 16.7 Å². The molecule has 5 heteroatoms. The number of amides is 1. The first-order chi connectivity index (χ1) is 9.80. The van der Waals surface area contributed by atoms with Crippen LogP contribution in [0.4, 0.5) is 5.13 Å². The summed E-state index contributed by atoms with van der Waals surface area (Å²) in [6.45, 7) is 6.47. The second-order valence-corrected chi connectivity index (χ2v) is 9.48. The molecule has 1 N–H and O–H groups in total. The Labute approximate surface area is 129 Å². The molecule has 0 radical (unpaired) electrons. The molecule has 0 aliphatic heterocycles. The number of hydrogen-bond donors (Lipinski definition) is 1. The van der Waals surface area contributed by atoms with E-state index < -0.39 is 0 Å². The molecule has 4 saturated carbocycles. The number of anilines is 1. The molecule has 114 valence electrons. The SMILES string of the molecule is CC(=O)Nc1nnc(C23CC4CC(C)(CC(C)(C4)C2)C3)s1. The van der Waals surface area contributed by atoms with E-state index in [4.69, 9.17) is 0 Å². The lowest BCUT2D eigenvalue weighted by molar-refractivity contribution is -0.114. The summed E-state index contributed by atoms with van der Waals surface area (Å²) in [5.41, 5.74) is 1.18. The van der Waals surface area contributed by atoms with E-state index in [2.05, 4.69) is 29.4 Å². The average molecular weight is 305 g/mol. The van der Waals surface area contributed by atoms with Gasteiger partial charge in [-0.15, -0.1) is 10.2 Å². The highest BCUT2D eigenvalue weighted by atomic mass is 32.1. The molecule has 0 aromatic carbocycles. The van der Waals surface area contributed by atoms with Crippen LogP contribution in [-0.4, -0.2) is 16.1 Å². The molecule has 4 nitrogen and oxygen atoms in total. The van der Waals surface area contributed by atoms with Gasteiger partial charge in [-0.25, -0.2) is 0 Å². The smallest absolute Gasteiger partial charge is 0.223 e. The van der Waals surface area contributed by atoms with Gasteiger partial charge in [-0.3, -0.25) is 4.79 Å². The van der Waals surface area contributed by atoms with Crippen LogP contribution < -0.4 is 5.32 Å². The van der Waals surface area contributed by atoms with Gasteiger partial charge in [0.25, 0.3) is 0 Å². The summed E-state index contributed by atoms with van der Waals surface area (Å²) in [5.74, 6) is 0.784. The van der Waals surface area contributed by atoms with E-state index in [-0.39, 0.29) is 11.3 Å². The second kappa shape index (κ2) is 4.06. The van der Waals surface area contributed by atoms with E-state index in [0.29, 0.717) is 16.0 Å². The van der Waals surface area contributed by atoms with E-state index >= 15 is 0 Å². The fourth-order valence-electron chi connectivity index (χ4n) is 6.32. The molecule has 2 atom stereocenters. The molecule has 0 spiro atoms. The van der Waals surface area contributed by atoms with Crippen LogP contribution in [0.3, 0.4) is 0 Å². The molecule has 4 bridgehead atoms. The quantitative estimate of drug-likeness (QED) is 0.905. The van der Waals surface area contributed by atoms with Crippen molar-refractivity contribution in [3.05, 3.63) is 5.01 Å². The molecule has 4 fully saturated rings. The number of aromatic nitrogens is 2. The summed E-state index contributed by atoms with van der Waals surface area (Å²) in [5, 5.41) is 13.3. The molecule has 2 unspecified atom stereocenters. The van der Waals surface area contributed by atoms with E-state index in [0.717, 1.165) is 10.9 Å². The number of nitrogens with one attached hydrogen (secondary N) is 1. The molecule has 1 aromatic rings. The Hall–Kier alpha value is -0.970. The Bertz CT molecular complexity index is 592. The van der Waals surface area contributed by atoms with Crippen molar-refractivity contribution in [3.63, 3.8) is 0 Å². The third kappa shape index (κ3) is 2.12. The second-order valence-electron chi connectivity index (χ2n) is 8.50. The topological polar surface area (TPSA) is 54.9 Å². The Morgan fingerprint density at radius 1 is 1.14 bits per heavy atom. The molecule has 1 heterocycles. The lowest BCUT2D eigenvalue weighted by Gasteiger charge is -2.64. The summed E-state index contributed by atoms with van der Waals surface area (Å²) in [7, 11) is 0. The van der Waals surface area contributed by atoms with Crippen molar-refractivity contribution in [2.24, 2.45) is 16.7 Å². The standard InChI is InChI=1S/C16H23N3OS/c1-10(20)17-13-19-18-12(21-13)16-6-11-4-14(2,8-16)7-15(3,5-11)9-16/h11H,4-9H2,1-3H3,(H,17,19,20). The van der Waals surface area contributed by atoms with Crippen LogP contribution >= 0.6 is 11.3 Å². The zero-order valence-electron chi connectivity index (χ0n) is 13.0. The molecule has 4 aliphatic carbocycles. The van der Waals surface area contributed by atoms with Crippen LogP contribution in [-0.2, 0) is 10.2 Å². The Balaban J connectivity index is 1.70. The molecule has 21 heavy (non-hydrogen) atoms. The highest BCUT2D eigenvalue weighted by Crippen LogP contribution is 2.70. The minimum Gasteiger partial charge on any atom is -0.301 e. The van der Waals surface area contributed by atoms with Gasteiger partial charge in [0.1, 0.15) is 5.01 Å². The number of rotatable bonds is 2. The summed E-state index contributed by atoms with van der Waals surface area (Å²) in [6.07, 6.45) is 7.92. The lowest BCUT2D eigenvalue weighted by Crippen LogP contribution is -2.56. The van der Waals surface area contributed by atoms with Crippen molar-refractivity contribution >= 4 is 22.4 Å². The predicted molar refractivity (Wildman–Crippen MR) is 83.3 cm³/mol. The highest BCUT2D eigenvalue weighted by Gasteiger charge is 2.61. The molecule has 4 aliphatic rings. The monoisotopic (exact) mass is 305 g/mol. The van der Waals surface area contributed by atoms with Crippen molar-refractivity contribution in [1.29, 1.82) is 0 Å². The van der Waals surface area contributed by atoms with Crippen LogP contribution in [0.25, 0.3) is 0 Å². The maximum Gasteiger partial charge on any atom is 0.223 e. The zero-order valence-corrected chi connectivity index (χ0v) is 13.8. The van der Waals surface area contributed by atoms with Gasteiger partial charge in [0.05, 0.1) is 0 Å². The van der Waals surface area contributed by atoms with Crippen molar-refractivity contribution in [1.82, 2.24) is 10.2 Å². The van der Waals surface area contributed by atoms with Crippen LogP contribution in [0.2, 0.25) is 0 Å². The van der Waals surface area contributed by atoms with Gasteiger partial charge in [0.2, 0.25) is 11.0 Å². The van der Waals surface area contributed by atoms with E-state index in [1.165, 1.54) is 45.4 Å². The Morgan fingerprint density at radius 2 is 1.81 bits per heavy atom. The summed E-state index contributed by atoms with van der Waals surface area (Å²) < 4.78 is 0. The van der Waals surface area contributed by atoms with Crippen LogP contribution in [0.5, 0.6) is 0 Å². The number of carbonyl (C=O) groups is 1. The first kappa shape index (κ1) is 13.7. The van der Waals surface area contributed by atoms with Crippen molar-refractivity contribution in [2.75, 3.05) is 5.32 Å². The van der Waals surface area contributed by atoms with Gasteiger partial charge in [0, 0.05) is 12.3 Å². The number of hydrogen-bond acceptors (Lipinski definition) is 4. The first-order valence-electron chi connectivity index (χ1n) is 7.92. The van der Waals surface area contributed by atoms with Crippen molar-refractivity contribution in [3.8, 4) is 0 Å². The molecular weight excluding hydrogens is 282 g/mol. The van der Waals surface area contributed by atoms with Gasteiger partial charge < -0.3 is 5.32 Å². The maximum absolute atomic E-state index is 11.2. The third-order valence-corrected chi connectivity index (χ3v) is 6.87. The summed E-state index contributed by atoms with van der Waals surface area (Å²) in [4.78, 5) is 11.2. The van der Waals surface area contributed by atoms with Gasteiger partial charge in [-0.1, -0.05) is 25.2 Å². The van der Waals surface area contributed by atoms with Gasteiger partial charge in [-0.05, 0) is 55.3 Å². The van der Waals surface area contributed by atoms with Gasteiger partial charge in [-0.2, -0.15) is 0 Å².